The highest BCUT2D eigenvalue weighted by Gasteiger charge is 2.53. The van der Waals surface area contributed by atoms with Gasteiger partial charge in [0, 0.05) is 6.42 Å². The van der Waals surface area contributed by atoms with Crippen LogP contribution in [0, 0.1) is 0 Å². The van der Waals surface area contributed by atoms with Crippen LogP contribution in [0.25, 0.3) is 0 Å². The molecule has 17 unspecified atom stereocenters. The van der Waals surface area contributed by atoms with E-state index in [1.165, 1.54) is 57.8 Å². The van der Waals surface area contributed by atoms with E-state index in [4.69, 9.17) is 28.4 Å². The first-order valence-electron chi connectivity index (χ1n) is 32.1. The van der Waals surface area contributed by atoms with Gasteiger partial charge in [0.05, 0.1) is 38.6 Å². The molecule has 0 aromatic heterocycles. The summed E-state index contributed by atoms with van der Waals surface area (Å²) in [5.41, 5.74) is 0. The largest absolute Gasteiger partial charge is 0.394 e. The van der Waals surface area contributed by atoms with Crippen LogP contribution < -0.4 is 5.32 Å². The average Bonchev–Trinajstić information content (AvgIpc) is 3.70. The number of carbonyl (C=O) groups is 1. The van der Waals surface area contributed by atoms with Crippen LogP contribution in [0.5, 0.6) is 0 Å². The highest BCUT2D eigenvalue weighted by atomic mass is 16.8. The molecule has 17 atom stereocenters. The maximum absolute atomic E-state index is 13.4. The Bertz CT molecular complexity index is 1990. The summed E-state index contributed by atoms with van der Waals surface area (Å²) in [6, 6.07) is -1.02. The van der Waals surface area contributed by atoms with Crippen molar-refractivity contribution >= 4 is 5.91 Å². The summed E-state index contributed by atoms with van der Waals surface area (Å²) in [6.45, 7) is 1.54. The molecule has 12 N–H and O–H groups in total. The summed E-state index contributed by atoms with van der Waals surface area (Å²) >= 11 is 0. The maximum atomic E-state index is 13.4. The van der Waals surface area contributed by atoms with Crippen molar-refractivity contribution in [3.63, 3.8) is 0 Å². The molecular weight excluding hydrogens is 1110 g/mol. The Morgan fingerprint density at radius 2 is 0.814 bits per heavy atom. The molecule has 0 aromatic carbocycles. The molecule has 3 aliphatic rings. The Morgan fingerprint density at radius 3 is 1.30 bits per heavy atom. The highest BCUT2D eigenvalue weighted by Crippen LogP contribution is 2.33. The van der Waals surface area contributed by atoms with Crippen LogP contribution in [0.2, 0.25) is 0 Å². The van der Waals surface area contributed by atoms with Gasteiger partial charge in [0.25, 0.3) is 0 Å². The molecule has 19 heteroatoms. The van der Waals surface area contributed by atoms with Crippen molar-refractivity contribution in [2.24, 2.45) is 0 Å². The monoisotopic (exact) mass is 1220 g/mol. The summed E-state index contributed by atoms with van der Waals surface area (Å²) in [5.74, 6) is -0.323. The lowest BCUT2D eigenvalue weighted by molar-refractivity contribution is -0.379. The average molecular weight is 1220 g/mol. The number of aliphatic hydroxyl groups is 11. The molecule has 3 fully saturated rings. The topological polar surface area (TPSA) is 307 Å². The van der Waals surface area contributed by atoms with E-state index in [2.05, 4.69) is 116 Å². The van der Waals surface area contributed by atoms with E-state index in [9.17, 15) is 61.0 Å². The number of amides is 1. The minimum atomic E-state index is -1.99. The van der Waals surface area contributed by atoms with Crippen LogP contribution in [0.3, 0.4) is 0 Å². The van der Waals surface area contributed by atoms with Crippen molar-refractivity contribution in [3.05, 3.63) is 109 Å². The van der Waals surface area contributed by atoms with Gasteiger partial charge in [-0.3, -0.25) is 4.79 Å². The number of hydrogen-bond donors (Lipinski definition) is 12. The van der Waals surface area contributed by atoms with Crippen LogP contribution in [-0.4, -0.2) is 193 Å². The second-order valence-corrected chi connectivity index (χ2v) is 22.5. The SMILES string of the molecule is CC/C=C\C/C=C\C/C=C\C/C=C\C/C=C\C/C=C\C/C=C\CCCCCC(=O)NC(COC1OC(CO)C(OC2OC(CO)C(OC3OC(CO)C(O)C(O)C3O)C(O)C2O)C(O)C1O)C(O)/C=C/CC/C=C/CCCCCCCCCCCC. The van der Waals surface area contributed by atoms with E-state index >= 15 is 0 Å². The number of nitrogens with one attached hydrogen (secondary N) is 1. The third kappa shape index (κ3) is 30.8. The van der Waals surface area contributed by atoms with Gasteiger partial charge in [-0.15, -0.1) is 0 Å². The quantitative estimate of drug-likeness (QED) is 0.0214. The fraction of sp³-hybridized carbons (Fsp3) is 0.716. The molecule has 3 heterocycles. The Morgan fingerprint density at radius 1 is 0.430 bits per heavy atom. The number of aliphatic hydroxyl groups excluding tert-OH is 11. The van der Waals surface area contributed by atoms with Gasteiger partial charge < -0.3 is 89.9 Å². The second-order valence-electron chi connectivity index (χ2n) is 22.5. The molecule has 1 amide bonds. The molecule has 19 nitrogen and oxygen atoms in total. The Balaban J connectivity index is 1.49. The lowest BCUT2D eigenvalue weighted by Crippen LogP contribution is -2.66. The first-order chi connectivity index (χ1) is 41.8. The molecule has 86 heavy (non-hydrogen) atoms. The Hall–Kier alpha value is -3.55. The van der Waals surface area contributed by atoms with Gasteiger partial charge in [-0.1, -0.05) is 187 Å². The minimum absolute atomic E-state index is 0.188. The predicted molar refractivity (Wildman–Crippen MR) is 332 cm³/mol. The van der Waals surface area contributed by atoms with Gasteiger partial charge in [-0.25, -0.2) is 0 Å². The highest BCUT2D eigenvalue weighted by molar-refractivity contribution is 5.76. The number of rotatable bonds is 46. The number of allylic oxidation sites excluding steroid dienone is 17. The lowest BCUT2D eigenvalue weighted by atomic mass is 9.96. The van der Waals surface area contributed by atoms with Crippen molar-refractivity contribution in [1.29, 1.82) is 0 Å². The summed E-state index contributed by atoms with van der Waals surface area (Å²) in [6.07, 6.45) is 36.3. The first kappa shape index (κ1) is 76.7. The number of hydrogen-bond acceptors (Lipinski definition) is 18. The molecular formula is C67H111NO18. The van der Waals surface area contributed by atoms with Gasteiger partial charge in [0.15, 0.2) is 18.9 Å². The molecule has 0 bridgehead atoms. The van der Waals surface area contributed by atoms with Gasteiger partial charge >= 0.3 is 0 Å². The van der Waals surface area contributed by atoms with Gasteiger partial charge in [0.2, 0.25) is 5.91 Å². The van der Waals surface area contributed by atoms with E-state index in [1.54, 1.807) is 6.08 Å². The van der Waals surface area contributed by atoms with Gasteiger partial charge in [0.1, 0.15) is 73.2 Å². The van der Waals surface area contributed by atoms with E-state index < -0.39 is 124 Å². The molecule has 0 saturated carbocycles. The smallest absolute Gasteiger partial charge is 0.220 e. The first-order valence-corrected chi connectivity index (χ1v) is 32.1. The standard InChI is InChI=1S/C67H111NO18/c1-3-5-7-9-11-13-15-17-19-21-22-23-24-25-26-27-28-29-31-33-35-37-39-41-43-45-55(73)68-50(51(72)44-42-40-38-36-34-32-30-20-18-16-14-12-10-8-6-4-2)49-81-65-61(79)58(76)63(53(47-70)83-65)86-67-62(80)59(77)64(54(48-71)84-67)85-66-60(78)57(75)56(74)52(46-69)82-66/h5,7,11,13,17,19,22-23,25-26,28-29,33-36,42,44,50-54,56-67,69-72,74-80H,3-4,6,8-10,12,14-16,18,20-21,24,27,30-32,37-41,43,45-49H2,1-2H3,(H,68,73)/b7-5-,13-11-,19-17-,23-22-,26-25-,29-28-,35-33-,36-34+,44-42+. The van der Waals surface area contributed by atoms with Crippen molar-refractivity contribution in [1.82, 2.24) is 5.32 Å². The second kappa shape index (κ2) is 48.3. The summed E-state index contributed by atoms with van der Waals surface area (Å²) in [4.78, 5) is 13.4. The zero-order chi connectivity index (χ0) is 62.6. The fourth-order valence-electron chi connectivity index (χ4n) is 10.1. The molecule has 3 aliphatic heterocycles. The van der Waals surface area contributed by atoms with Gasteiger partial charge in [-0.05, 0) is 89.9 Å². The van der Waals surface area contributed by atoms with Gasteiger partial charge in [-0.2, -0.15) is 0 Å². The lowest BCUT2D eigenvalue weighted by Gasteiger charge is -2.48. The molecule has 3 rings (SSSR count). The van der Waals surface area contributed by atoms with E-state index in [1.807, 2.05) is 6.08 Å². The molecule has 0 spiro atoms. The van der Waals surface area contributed by atoms with Crippen molar-refractivity contribution in [2.45, 2.75) is 279 Å². The van der Waals surface area contributed by atoms with Crippen LogP contribution >= 0.6 is 0 Å². The summed E-state index contributed by atoms with van der Waals surface area (Å²) in [5, 5.41) is 120. The zero-order valence-electron chi connectivity index (χ0n) is 51.5. The van der Waals surface area contributed by atoms with Crippen molar-refractivity contribution in [3.8, 4) is 0 Å². The fourth-order valence-corrected chi connectivity index (χ4v) is 10.1. The predicted octanol–water partition coefficient (Wildman–Crippen LogP) is 7.10. The molecule has 0 aliphatic carbocycles. The number of unbranched alkanes of at least 4 members (excludes halogenated alkanes) is 14. The normalized spacial score (nSPS) is 29.5. The summed E-state index contributed by atoms with van der Waals surface area (Å²) < 4.78 is 34.2. The number of carbonyl (C=O) groups excluding carboxylic acids is 1. The summed E-state index contributed by atoms with van der Waals surface area (Å²) in [7, 11) is 0. The third-order valence-corrected chi connectivity index (χ3v) is 15.3. The molecule has 492 valence electrons. The molecule has 0 aromatic rings. The van der Waals surface area contributed by atoms with Crippen LogP contribution in [-0.2, 0) is 33.2 Å². The third-order valence-electron chi connectivity index (χ3n) is 15.3. The van der Waals surface area contributed by atoms with Crippen molar-refractivity contribution < 1.29 is 89.4 Å². The van der Waals surface area contributed by atoms with Crippen LogP contribution in [0.1, 0.15) is 174 Å². The van der Waals surface area contributed by atoms with Crippen LogP contribution in [0.15, 0.2) is 109 Å². The van der Waals surface area contributed by atoms with E-state index in [-0.39, 0.29) is 18.9 Å². The number of ether oxygens (including phenoxy) is 6. The van der Waals surface area contributed by atoms with Crippen LogP contribution in [0.4, 0.5) is 0 Å². The van der Waals surface area contributed by atoms with E-state index in [0.717, 1.165) is 83.5 Å². The Labute approximate surface area is 513 Å². The molecule has 3 saturated heterocycles. The minimum Gasteiger partial charge on any atom is -0.394 e. The molecule has 0 radical (unpaired) electrons. The maximum Gasteiger partial charge on any atom is 0.220 e. The Kier molecular flexibility index (Phi) is 43.1. The van der Waals surface area contributed by atoms with Crippen molar-refractivity contribution in [2.75, 3.05) is 26.4 Å². The zero-order valence-corrected chi connectivity index (χ0v) is 51.5. The van der Waals surface area contributed by atoms with E-state index in [0.29, 0.717) is 12.8 Å².